The number of hydrogen-bond acceptors (Lipinski definition) is 6. The van der Waals surface area contributed by atoms with Gasteiger partial charge in [0.05, 0.1) is 30.2 Å². The Kier molecular flexibility index (Phi) is 9.45. The van der Waals surface area contributed by atoms with Crippen molar-refractivity contribution < 1.29 is 19.1 Å². The summed E-state index contributed by atoms with van der Waals surface area (Å²) in [6, 6.07) is 21.2. The van der Waals surface area contributed by atoms with Crippen molar-refractivity contribution in [1.29, 1.82) is 0 Å². The summed E-state index contributed by atoms with van der Waals surface area (Å²) in [7, 11) is 4.05. The molecule has 0 unspecified atom stereocenters. The number of fused-ring (bicyclic) bond motifs is 1. The lowest BCUT2D eigenvalue weighted by molar-refractivity contribution is -0.116. The van der Waals surface area contributed by atoms with Crippen LogP contribution < -0.4 is 25.0 Å². The molecule has 2 amide bonds. The topological polar surface area (TPSA) is 83.1 Å². The fraction of sp³-hybridized carbons (Fsp3) is 0.312. The summed E-state index contributed by atoms with van der Waals surface area (Å²) >= 11 is 0. The van der Waals surface area contributed by atoms with Crippen LogP contribution >= 0.6 is 0 Å². The summed E-state index contributed by atoms with van der Waals surface area (Å²) in [6.45, 7) is 7.92. The van der Waals surface area contributed by atoms with E-state index in [4.69, 9.17) is 9.47 Å². The molecule has 8 nitrogen and oxygen atoms in total. The molecular weight excluding hydrogens is 504 g/mol. The third kappa shape index (κ3) is 6.63. The summed E-state index contributed by atoms with van der Waals surface area (Å²) in [5.74, 6) is 0.975. The predicted octanol–water partition coefficient (Wildman–Crippen LogP) is 5.72. The molecule has 2 N–H and O–H groups in total. The first kappa shape index (κ1) is 28.7. The zero-order valence-electron chi connectivity index (χ0n) is 23.9. The predicted molar refractivity (Wildman–Crippen MR) is 162 cm³/mol. The van der Waals surface area contributed by atoms with E-state index in [0.29, 0.717) is 48.2 Å². The second-order valence-corrected chi connectivity index (χ2v) is 9.78. The van der Waals surface area contributed by atoms with Crippen LogP contribution in [-0.4, -0.2) is 57.1 Å². The molecule has 3 aromatic carbocycles. The van der Waals surface area contributed by atoms with Gasteiger partial charge in [0.1, 0.15) is 0 Å². The van der Waals surface area contributed by atoms with E-state index in [0.717, 1.165) is 35.5 Å². The molecule has 1 aliphatic rings. The first-order chi connectivity index (χ1) is 19.3. The van der Waals surface area contributed by atoms with Crippen LogP contribution in [0.15, 0.2) is 66.7 Å². The summed E-state index contributed by atoms with van der Waals surface area (Å²) in [4.78, 5) is 29.7. The second kappa shape index (κ2) is 13.2. The van der Waals surface area contributed by atoms with Crippen LogP contribution in [0.3, 0.4) is 0 Å². The molecule has 0 atom stereocenters. The standard InChI is InChI=1S/C32H38N4O4/c1-6-39-28-20-26-27(21-29(28)40-7-2)34-32(38)30(26)31(23-12-9-8-10-13-23)33-24-14-16-25(17-15-24)36(22(3)37)19-11-18-35(4)5/h8-10,12-17,20-21,33H,6-7,11,18-19H2,1-5H3,(H,34,38)/b31-30-. The monoisotopic (exact) mass is 542 g/mol. The summed E-state index contributed by atoms with van der Waals surface area (Å²) < 4.78 is 11.6. The minimum absolute atomic E-state index is 0.00214. The fourth-order valence-electron chi connectivity index (χ4n) is 4.73. The van der Waals surface area contributed by atoms with Crippen LogP contribution in [0.5, 0.6) is 11.5 Å². The maximum absolute atomic E-state index is 13.4. The van der Waals surface area contributed by atoms with Crippen molar-refractivity contribution in [1.82, 2.24) is 4.90 Å². The lowest BCUT2D eigenvalue weighted by atomic mass is 9.99. The minimum atomic E-state index is -0.210. The Labute approximate surface area is 236 Å². The molecule has 0 spiro atoms. The van der Waals surface area contributed by atoms with Gasteiger partial charge in [0.25, 0.3) is 5.91 Å². The van der Waals surface area contributed by atoms with Crippen molar-refractivity contribution >= 4 is 40.1 Å². The maximum Gasteiger partial charge on any atom is 0.258 e. The largest absolute Gasteiger partial charge is 0.490 e. The van der Waals surface area contributed by atoms with E-state index in [9.17, 15) is 9.59 Å². The smallest absolute Gasteiger partial charge is 0.258 e. The lowest BCUT2D eigenvalue weighted by Gasteiger charge is -2.23. The van der Waals surface area contributed by atoms with Gasteiger partial charge < -0.3 is 29.9 Å². The van der Waals surface area contributed by atoms with Gasteiger partial charge in [-0.25, -0.2) is 0 Å². The number of anilines is 3. The van der Waals surface area contributed by atoms with Crippen LogP contribution in [0, 0.1) is 0 Å². The number of rotatable bonds is 12. The molecule has 4 rings (SSSR count). The number of amides is 2. The summed E-state index contributed by atoms with van der Waals surface area (Å²) in [5.41, 5.74) is 5.10. The molecule has 0 bridgehead atoms. The van der Waals surface area contributed by atoms with Crippen LogP contribution in [-0.2, 0) is 9.59 Å². The van der Waals surface area contributed by atoms with E-state index >= 15 is 0 Å². The molecule has 0 saturated heterocycles. The molecule has 40 heavy (non-hydrogen) atoms. The number of carbonyl (C=O) groups is 2. The van der Waals surface area contributed by atoms with Gasteiger partial charge in [0.2, 0.25) is 5.91 Å². The molecule has 0 aromatic heterocycles. The molecule has 0 saturated carbocycles. The third-order valence-corrected chi connectivity index (χ3v) is 6.56. The maximum atomic E-state index is 13.4. The van der Waals surface area contributed by atoms with Crippen LogP contribution in [0.4, 0.5) is 17.1 Å². The van der Waals surface area contributed by atoms with E-state index in [1.54, 1.807) is 11.8 Å². The van der Waals surface area contributed by atoms with Gasteiger partial charge in [-0.2, -0.15) is 0 Å². The van der Waals surface area contributed by atoms with Crippen molar-refractivity contribution in [3.63, 3.8) is 0 Å². The molecule has 8 heteroatoms. The number of nitrogens with zero attached hydrogens (tertiary/aromatic N) is 2. The van der Waals surface area contributed by atoms with Crippen LogP contribution in [0.1, 0.15) is 38.3 Å². The van der Waals surface area contributed by atoms with Gasteiger partial charge in [-0.1, -0.05) is 30.3 Å². The Bertz CT molecular complexity index is 1370. The molecule has 1 aliphatic heterocycles. The average Bonchev–Trinajstić information content (AvgIpc) is 3.25. The first-order valence-electron chi connectivity index (χ1n) is 13.7. The number of benzene rings is 3. The highest BCUT2D eigenvalue weighted by Crippen LogP contribution is 2.43. The Balaban J connectivity index is 1.72. The highest BCUT2D eigenvalue weighted by Gasteiger charge is 2.30. The molecule has 0 radical (unpaired) electrons. The lowest BCUT2D eigenvalue weighted by Crippen LogP contribution is -2.31. The van der Waals surface area contributed by atoms with E-state index in [1.807, 2.05) is 94.7 Å². The number of hydrogen-bond donors (Lipinski definition) is 2. The number of carbonyl (C=O) groups excluding carboxylic acids is 2. The van der Waals surface area contributed by atoms with E-state index < -0.39 is 0 Å². The van der Waals surface area contributed by atoms with Crippen molar-refractivity contribution in [2.45, 2.75) is 27.2 Å². The van der Waals surface area contributed by atoms with Gasteiger partial charge in [-0.05, 0) is 76.8 Å². The normalized spacial score (nSPS) is 13.5. The van der Waals surface area contributed by atoms with E-state index in [2.05, 4.69) is 15.5 Å². The fourth-order valence-corrected chi connectivity index (χ4v) is 4.73. The zero-order chi connectivity index (χ0) is 28.6. The Morgan fingerprint density at radius 2 is 1.55 bits per heavy atom. The van der Waals surface area contributed by atoms with Gasteiger partial charge in [-0.3, -0.25) is 9.59 Å². The van der Waals surface area contributed by atoms with Crippen molar-refractivity contribution in [3.05, 3.63) is 77.9 Å². The second-order valence-electron chi connectivity index (χ2n) is 9.78. The van der Waals surface area contributed by atoms with Crippen molar-refractivity contribution in [2.24, 2.45) is 0 Å². The molecule has 0 aliphatic carbocycles. The highest BCUT2D eigenvalue weighted by molar-refractivity contribution is 6.37. The first-order valence-corrected chi connectivity index (χ1v) is 13.7. The van der Waals surface area contributed by atoms with Gasteiger partial charge in [-0.15, -0.1) is 0 Å². The Hall–Kier alpha value is -4.30. The Morgan fingerprint density at radius 1 is 0.900 bits per heavy atom. The van der Waals surface area contributed by atoms with Crippen LogP contribution in [0.2, 0.25) is 0 Å². The summed E-state index contributed by atoms with van der Waals surface area (Å²) in [6.07, 6.45) is 0.875. The highest BCUT2D eigenvalue weighted by atomic mass is 16.5. The minimum Gasteiger partial charge on any atom is -0.490 e. The van der Waals surface area contributed by atoms with Gasteiger partial charge in [0.15, 0.2) is 11.5 Å². The zero-order valence-corrected chi connectivity index (χ0v) is 23.9. The molecule has 0 fully saturated rings. The molecular formula is C32H38N4O4. The van der Waals surface area contributed by atoms with Crippen molar-refractivity contribution in [3.8, 4) is 11.5 Å². The number of nitrogens with one attached hydrogen (secondary N) is 2. The average molecular weight is 543 g/mol. The van der Waals surface area contributed by atoms with E-state index in [1.165, 1.54) is 0 Å². The van der Waals surface area contributed by atoms with Gasteiger partial charge in [0, 0.05) is 36.5 Å². The molecule has 1 heterocycles. The van der Waals surface area contributed by atoms with E-state index in [-0.39, 0.29) is 11.8 Å². The Morgan fingerprint density at radius 3 is 2.15 bits per heavy atom. The third-order valence-electron chi connectivity index (χ3n) is 6.56. The summed E-state index contributed by atoms with van der Waals surface area (Å²) in [5, 5.41) is 6.49. The van der Waals surface area contributed by atoms with Gasteiger partial charge >= 0.3 is 0 Å². The van der Waals surface area contributed by atoms with Crippen LogP contribution in [0.25, 0.3) is 11.3 Å². The quantitative estimate of drug-likeness (QED) is 0.285. The molecule has 210 valence electrons. The van der Waals surface area contributed by atoms with Crippen molar-refractivity contribution in [2.75, 3.05) is 55.9 Å². The number of ether oxygens (including phenoxy) is 2. The SMILES string of the molecule is CCOc1cc2c(cc1OCC)/C(=C(/Nc1ccc(N(CCCN(C)C)C(C)=O)cc1)c1ccccc1)C(=O)N2. The molecule has 3 aromatic rings.